The van der Waals surface area contributed by atoms with Crippen LogP contribution in [0.25, 0.3) is 0 Å². The predicted octanol–water partition coefficient (Wildman–Crippen LogP) is 5.41. The molecular weight excluding hydrogens is 280 g/mol. The molecule has 124 valence electrons. The summed E-state index contributed by atoms with van der Waals surface area (Å²) in [7, 11) is 0. The molecule has 0 aliphatic carbocycles. The van der Waals surface area contributed by atoms with E-state index in [1.165, 1.54) is 44.5 Å². The number of benzene rings is 2. The van der Waals surface area contributed by atoms with Crippen molar-refractivity contribution < 1.29 is 5.11 Å². The van der Waals surface area contributed by atoms with Crippen LogP contribution in [0.5, 0.6) is 0 Å². The summed E-state index contributed by atoms with van der Waals surface area (Å²) >= 11 is 0. The van der Waals surface area contributed by atoms with Gasteiger partial charge in [0.2, 0.25) is 0 Å². The normalized spacial score (nSPS) is 11.9. The Morgan fingerprint density at radius 1 is 0.565 bits per heavy atom. The highest BCUT2D eigenvalue weighted by atomic mass is 16.3. The molecule has 0 saturated carbocycles. The molecule has 0 radical (unpaired) electrons. The first kappa shape index (κ1) is 17.7. The van der Waals surface area contributed by atoms with Crippen LogP contribution < -0.4 is 0 Å². The van der Waals surface area contributed by atoms with Gasteiger partial charge in [0.1, 0.15) is 5.60 Å². The van der Waals surface area contributed by atoms with Gasteiger partial charge < -0.3 is 5.11 Å². The lowest BCUT2D eigenvalue weighted by Crippen LogP contribution is -2.29. The summed E-state index contributed by atoms with van der Waals surface area (Å²) in [5, 5.41) is 11.7. The molecule has 0 aliphatic rings. The quantitative estimate of drug-likeness (QED) is 0.786. The van der Waals surface area contributed by atoms with E-state index < -0.39 is 5.60 Å². The highest BCUT2D eigenvalue weighted by molar-refractivity contribution is 5.56. The smallest absolute Gasteiger partial charge is 0.113 e. The van der Waals surface area contributed by atoms with Gasteiger partial charge in [0, 0.05) is 0 Å². The molecule has 0 bridgehead atoms. The van der Waals surface area contributed by atoms with Gasteiger partial charge in [-0.05, 0) is 118 Å². The van der Waals surface area contributed by atoms with E-state index in [4.69, 9.17) is 0 Å². The maximum absolute atomic E-state index is 11.7. The van der Waals surface area contributed by atoms with Crippen molar-refractivity contribution >= 4 is 0 Å². The van der Waals surface area contributed by atoms with E-state index >= 15 is 0 Å². The molecule has 0 amide bonds. The van der Waals surface area contributed by atoms with Crippen LogP contribution in [0.4, 0.5) is 0 Å². The van der Waals surface area contributed by atoms with E-state index in [1.54, 1.807) is 0 Å². The molecule has 0 aliphatic heterocycles. The monoisotopic (exact) mass is 310 g/mol. The number of hydrogen-bond acceptors (Lipinski definition) is 1. The Labute approximate surface area is 141 Å². The van der Waals surface area contributed by atoms with Gasteiger partial charge in [0.05, 0.1) is 0 Å². The summed E-state index contributed by atoms with van der Waals surface area (Å²) in [5.74, 6) is 0. The summed E-state index contributed by atoms with van der Waals surface area (Å²) in [6, 6.07) is 4.43. The zero-order chi connectivity index (χ0) is 17.7. The lowest BCUT2D eigenvalue weighted by Gasteiger charge is -2.33. The fourth-order valence-electron chi connectivity index (χ4n) is 4.02. The van der Waals surface area contributed by atoms with Crippen LogP contribution in [0.3, 0.4) is 0 Å². The molecule has 23 heavy (non-hydrogen) atoms. The topological polar surface area (TPSA) is 20.2 Å². The lowest BCUT2D eigenvalue weighted by molar-refractivity contribution is 0.0991. The molecule has 0 aromatic heterocycles. The first-order valence-electron chi connectivity index (χ1n) is 8.38. The van der Waals surface area contributed by atoms with Crippen LogP contribution >= 0.6 is 0 Å². The molecule has 0 spiro atoms. The van der Waals surface area contributed by atoms with Gasteiger partial charge in [-0.25, -0.2) is 0 Å². The Morgan fingerprint density at radius 2 is 0.783 bits per heavy atom. The molecule has 0 atom stereocenters. The molecule has 2 aromatic rings. The second-order valence-corrected chi connectivity index (χ2v) is 7.34. The van der Waals surface area contributed by atoms with E-state index in [1.807, 2.05) is 6.92 Å². The summed E-state index contributed by atoms with van der Waals surface area (Å²) < 4.78 is 0. The maximum Gasteiger partial charge on any atom is 0.113 e. The van der Waals surface area contributed by atoms with Crippen LogP contribution in [-0.2, 0) is 5.60 Å². The molecular formula is C22H30O. The molecule has 2 aromatic carbocycles. The van der Waals surface area contributed by atoms with Gasteiger partial charge in [-0.2, -0.15) is 0 Å². The fraction of sp³-hybridized carbons (Fsp3) is 0.455. The standard InChI is InChI=1S/C22H30O/c1-12-10-13(2)17(6)20(16(12)5)22(9,23)21-18(7)14(3)11-15(4)19(21)8/h10-11,23H,1-9H3. The fourth-order valence-corrected chi connectivity index (χ4v) is 4.02. The Morgan fingerprint density at radius 3 is 1.00 bits per heavy atom. The van der Waals surface area contributed by atoms with Crippen molar-refractivity contribution in [2.45, 2.75) is 67.9 Å². The molecule has 0 saturated heterocycles. The van der Waals surface area contributed by atoms with Crippen LogP contribution in [0.2, 0.25) is 0 Å². The van der Waals surface area contributed by atoms with E-state index in [0.717, 1.165) is 11.1 Å². The summed E-state index contributed by atoms with van der Waals surface area (Å²) in [5.41, 5.74) is 10.9. The zero-order valence-electron chi connectivity index (χ0n) is 16.1. The summed E-state index contributed by atoms with van der Waals surface area (Å²) in [4.78, 5) is 0. The Kier molecular flexibility index (Phi) is 4.47. The summed E-state index contributed by atoms with van der Waals surface area (Å²) in [6.07, 6.45) is 0. The Balaban J connectivity index is 2.90. The second kappa shape index (κ2) is 5.79. The SMILES string of the molecule is Cc1cc(C)c(C)c(C(C)(O)c2c(C)c(C)cc(C)c2C)c1C. The van der Waals surface area contributed by atoms with E-state index in [9.17, 15) is 5.11 Å². The van der Waals surface area contributed by atoms with E-state index in [-0.39, 0.29) is 0 Å². The molecule has 1 heteroatoms. The van der Waals surface area contributed by atoms with Crippen LogP contribution in [-0.4, -0.2) is 5.11 Å². The number of hydrogen-bond donors (Lipinski definition) is 1. The lowest BCUT2D eigenvalue weighted by atomic mass is 9.75. The zero-order valence-corrected chi connectivity index (χ0v) is 16.1. The largest absolute Gasteiger partial charge is 0.381 e. The average Bonchev–Trinajstić information content (AvgIpc) is 2.43. The van der Waals surface area contributed by atoms with Crippen molar-refractivity contribution in [2.75, 3.05) is 0 Å². The van der Waals surface area contributed by atoms with Crippen LogP contribution in [0.15, 0.2) is 12.1 Å². The number of aryl methyl sites for hydroxylation is 4. The molecule has 0 unspecified atom stereocenters. The Bertz CT molecular complexity index is 662. The van der Waals surface area contributed by atoms with E-state index in [2.05, 4.69) is 67.5 Å². The highest BCUT2D eigenvalue weighted by Crippen LogP contribution is 2.40. The van der Waals surface area contributed by atoms with Crippen molar-refractivity contribution in [3.63, 3.8) is 0 Å². The van der Waals surface area contributed by atoms with Gasteiger partial charge in [0.15, 0.2) is 0 Å². The van der Waals surface area contributed by atoms with Crippen molar-refractivity contribution in [3.8, 4) is 0 Å². The second-order valence-electron chi connectivity index (χ2n) is 7.34. The van der Waals surface area contributed by atoms with Gasteiger partial charge in [-0.1, -0.05) is 12.1 Å². The maximum atomic E-state index is 11.7. The molecule has 2 rings (SSSR count). The van der Waals surface area contributed by atoms with Crippen molar-refractivity contribution in [2.24, 2.45) is 0 Å². The first-order chi connectivity index (χ1) is 10.5. The molecule has 1 nitrogen and oxygen atoms in total. The molecule has 1 N–H and O–H groups in total. The van der Waals surface area contributed by atoms with Crippen molar-refractivity contribution in [1.82, 2.24) is 0 Å². The van der Waals surface area contributed by atoms with E-state index in [0.29, 0.717) is 0 Å². The Hall–Kier alpha value is -1.60. The van der Waals surface area contributed by atoms with Crippen molar-refractivity contribution in [3.05, 3.63) is 67.8 Å². The number of rotatable bonds is 2. The van der Waals surface area contributed by atoms with Gasteiger partial charge in [-0.3, -0.25) is 0 Å². The first-order valence-corrected chi connectivity index (χ1v) is 8.38. The minimum Gasteiger partial charge on any atom is -0.381 e. The minimum atomic E-state index is -0.990. The van der Waals surface area contributed by atoms with Gasteiger partial charge in [-0.15, -0.1) is 0 Å². The van der Waals surface area contributed by atoms with Gasteiger partial charge >= 0.3 is 0 Å². The highest BCUT2D eigenvalue weighted by Gasteiger charge is 2.33. The number of aliphatic hydroxyl groups is 1. The summed E-state index contributed by atoms with van der Waals surface area (Å²) in [6.45, 7) is 19.0. The minimum absolute atomic E-state index is 0.990. The predicted molar refractivity (Wildman–Crippen MR) is 99.5 cm³/mol. The third-order valence-corrected chi connectivity index (χ3v) is 5.71. The third kappa shape index (κ3) is 2.72. The average molecular weight is 310 g/mol. The van der Waals surface area contributed by atoms with Crippen molar-refractivity contribution in [1.29, 1.82) is 0 Å². The van der Waals surface area contributed by atoms with Crippen LogP contribution in [0, 0.1) is 55.4 Å². The molecule has 0 fully saturated rings. The van der Waals surface area contributed by atoms with Gasteiger partial charge in [0.25, 0.3) is 0 Å². The molecule has 0 heterocycles. The van der Waals surface area contributed by atoms with Crippen LogP contribution in [0.1, 0.15) is 62.6 Å². The third-order valence-electron chi connectivity index (χ3n) is 5.71.